The summed E-state index contributed by atoms with van der Waals surface area (Å²) < 4.78 is 13.1. The first-order valence-electron chi connectivity index (χ1n) is 6.32. The van der Waals surface area contributed by atoms with Crippen molar-refractivity contribution in [1.29, 1.82) is 0 Å². The average molecular weight is 335 g/mol. The predicted octanol–water partition coefficient (Wildman–Crippen LogP) is 2.05. The quantitative estimate of drug-likeness (QED) is 0.775. The van der Waals surface area contributed by atoms with Gasteiger partial charge in [0.15, 0.2) is 6.29 Å². The summed E-state index contributed by atoms with van der Waals surface area (Å²) in [6.07, 6.45) is 1.34. The standard InChI is InChI=1S/C13H23BrN2O3/c1-6-9-12(14)10(16(3)15-9)7-13(2,17)8-11(18-4)19-5/h11,17H,6-8H2,1-5H3. The van der Waals surface area contributed by atoms with Crippen molar-refractivity contribution in [3.05, 3.63) is 15.9 Å². The summed E-state index contributed by atoms with van der Waals surface area (Å²) >= 11 is 3.56. The van der Waals surface area contributed by atoms with E-state index in [1.165, 1.54) is 0 Å². The highest BCUT2D eigenvalue weighted by molar-refractivity contribution is 9.10. The Morgan fingerprint density at radius 1 is 1.42 bits per heavy atom. The van der Waals surface area contributed by atoms with Gasteiger partial charge in [0, 0.05) is 34.1 Å². The van der Waals surface area contributed by atoms with Gasteiger partial charge in [0.05, 0.1) is 21.5 Å². The number of hydrogen-bond donors (Lipinski definition) is 1. The van der Waals surface area contributed by atoms with Gasteiger partial charge in [0.25, 0.3) is 0 Å². The SMILES string of the molecule is CCc1nn(C)c(CC(C)(O)CC(OC)OC)c1Br. The number of rotatable bonds is 7. The van der Waals surface area contributed by atoms with Gasteiger partial charge in [-0.05, 0) is 29.3 Å². The molecule has 0 saturated heterocycles. The van der Waals surface area contributed by atoms with Crippen LogP contribution in [-0.2, 0) is 29.4 Å². The Labute approximate surface area is 123 Å². The van der Waals surface area contributed by atoms with Crippen LogP contribution >= 0.6 is 15.9 Å². The van der Waals surface area contributed by atoms with E-state index in [0.717, 1.165) is 22.3 Å². The fraction of sp³-hybridized carbons (Fsp3) is 0.769. The Balaban J connectivity index is 2.85. The van der Waals surface area contributed by atoms with Gasteiger partial charge in [-0.1, -0.05) is 6.92 Å². The first-order valence-corrected chi connectivity index (χ1v) is 7.12. The second kappa shape index (κ2) is 6.83. The predicted molar refractivity (Wildman–Crippen MR) is 77.0 cm³/mol. The van der Waals surface area contributed by atoms with E-state index in [1.54, 1.807) is 21.1 Å². The first-order chi connectivity index (χ1) is 8.84. The molecule has 0 bridgehead atoms. The monoisotopic (exact) mass is 334 g/mol. The number of aliphatic hydroxyl groups is 1. The molecule has 1 aromatic rings. The Bertz CT molecular complexity index is 414. The third kappa shape index (κ3) is 4.27. The highest BCUT2D eigenvalue weighted by atomic mass is 79.9. The summed E-state index contributed by atoms with van der Waals surface area (Å²) in [7, 11) is 5.03. The Morgan fingerprint density at radius 2 is 2.00 bits per heavy atom. The Morgan fingerprint density at radius 3 is 2.42 bits per heavy atom. The fourth-order valence-electron chi connectivity index (χ4n) is 2.07. The number of methoxy groups -OCH3 is 2. The lowest BCUT2D eigenvalue weighted by molar-refractivity contribution is -0.140. The highest BCUT2D eigenvalue weighted by Gasteiger charge is 2.29. The van der Waals surface area contributed by atoms with Crippen LogP contribution in [0.25, 0.3) is 0 Å². The van der Waals surface area contributed by atoms with Gasteiger partial charge in [-0.3, -0.25) is 4.68 Å². The molecule has 0 amide bonds. The van der Waals surface area contributed by atoms with Crippen molar-refractivity contribution in [2.75, 3.05) is 14.2 Å². The Hall–Kier alpha value is -0.430. The van der Waals surface area contributed by atoms with Gasteiger partial charge in [-0.15, -0.1) is 0 Å². The molecule has 0 radical (unpaired) electrons. The van der Waals surface area contributed by atoms with Gasteiger partial charge in [-0.2, -0.15) is 5.10 Å². The van der Waals surface area contributed by atoms with Crippen molar-refractivity contribution in [2.24, 2.45) is 7.05 Å². The van der Waals surface area contributed by atoms with Crippen LogP contribution < -0.4 is 0 Å². The van der Waals surface area contributed by atoms with Crippen LogP contribution in [0.5, 0.6) is 0 Å². The average Bonchev–Trinajstić information content (AvgIpc) is 2.63. The van der Waals surface area contributed by atoms with Crippen LogP contribution in [0, 0.1) is 0 Å². The van der Waals surface area contributed by atoms with Crippen LogP contribution in [-0.4, -0.2) is 41.0 Å². The molecule has 1 N–H and O–H groups in total. The number of aromatic nitrogens is 2. The summed E-state index contributed by atoms with van der Waals surface area (Å²) in [6.45, 7) is 3.84. The van der Waals surface area contributed by atoms with Crippen molar-refractivity contribution in [3.8, 4) is 0 Å². The molecule has 0 aromatic carbocycles. The van der Waals surface area contributed by atoms with E-state index in [-0.39, 0.29) is 0 Å². The largest absolute Gasteiger partial charge is 0.390 e. The zero-order valence-electron chi connectivity index (χ0n) is 12.2. The van der Waals surface area contributed by atoms with E-state index >= 15 is 0 Å². The molecule has 1 atom stereocenters. The minimum absolute atomic E-state index is 0.402. The van der Waals surface area contributed by atoms with Gasteiger partial charge in [-0.25, -0.2) is 0 Å². The second-order valence-electron chi connectivity index (χ2n) is 4.96. The van der Waals surface area contributed by atoms with E-state index in [4.69, 9.17) is 9.47 Å². The number of hydrogen-bond acceptors (Lipinski definition) is 4. The normalized spacial score (nSPS) is 14.9. The fourth-order valence-corrected chi connectivity index (χ4v) is 2.82. The van der Waals surface area contributed by atoms with Crippen LogP contribution in [0.4, 0.5) is 0 Å². The van der Waals surface area contributed by atoms with E-state index in [1.807, 2.05) is 11.7 Å². The van der Waals surface area contributed by atoms with Crippen molar-refractivity contribution in [1.82, 2.24) is 9.78 Å². The van der Waals surface area contributed by atoms with E-state index in [0.29, 0.717) is 12.8 Å². The maximum Gasteiger partial charge on any atom is 0.159 e. The molecule has 1 rings (SSSR count). The van der Waals surface area contributed by atoms with Crippen molar-refractivity contribution in [3.63, 3.8) is 0 Å². The molecule has 1 unspecified atom stereocenters. The van der Waals surface area contributed by atoms with E-state index < -0.39 is 11.9 Å². The second-order valence-corrected chi connectivity index (χ2v) is 5.76. The summed E-state index contributed by atoms with van der Waals surface area (Å²) in [5.74, 6) is 0. The topological polar surface area (TPSA) is 56.5 Å². The van der Waals surface area contributed by atoms with Crippen molar-refractivity contribution >= 4 is 15.9 Å². The zero-order chi connectivity index (χ0) is 14.6. The molecule has 0 spiro atoms. The minimum Gasteiger partial charge on any atom is -0.390 e. The lowest BCUT2D eigenvalue weighted by Gasteiger charge is -2.27. The van der Waals surface area contributed by atoms with Crippen LogP contribution in [0.3, 0.4) is 0 Å². The highest BCUT2D eigenvalue weighted by Crippen LogP contribution is 2.27. The number of halogens is 1. The van der Waals surface area contributed by atoms with Crippen LogP contribution in [0.1, 0.15) is 31.7 Å². The summed E-state index contributed by atoms with van der Waals surface area (Å²) in [5, 5.41) is 14.9. The van der Waals surface area contributed by atoms with Crippen molar-refractivity contribution in [2.45, 2.75) is 45.0 Å². The molecule has 110 valence electrons. The smallest absolute Gasteiger partial charge is 0.159 e. The van der Waals surface area contributed by atoms with Gasteiger partial charge in [0.1, 0.15) is 0 Å². The third-order valence-electron chi connectivity index (χ3n) is 3.18. The molecular formula is C13H23BrN2O3. The molecule has 0 saturated carbocycles. The minimum atomic E-state index is -0.919. The number of nitrogens with zero attached hydrogens (tertiary/aromatic N) is 2. The molecule has 1 aromatic heterocycles. The zero-order valence-corrected chi connectivity index (χ0v) is 13.8. The maximum atomic E-state index is 10.5. The first kappa shape index (κ1) is 16.6. The summed E-state index contributed by atoms with van der Waals surface area (Å²) in [4.78, 5) is 0. The molecular weight excluding hydrogens is 312 g/mol. The molecule has 0 fully saturated rings. The number of ether oxygens (including phenoxy) is 2. The maximum absolute atomic E-state index is 10.5. The molecule has 0 aliphatic heterocycles. The molecule has 1 heterocycles. The lowest BCUT2D eigenvalue weighted by atomic mass is 9.95. The molecule has 6 heteroatoms. The third-order valence-corrected chi connectivity index (χ3v) is 4.10. The summed E-state index contributed by atoms with van der Waals surface area (Å²) in [5.41, 5.74) is 1.06. The molecule has 19 heavy (non-hydrogen) atoms. The lowest BCUT2D eigenvalue weighted by Crippen LogP contribution is -2.34. The molecule has 5 nitrogen and oxygen atoms in total. The summed E-state index contributed by atoms with van der Waals surface area (Å²) in [6, 6.07) is 0. The Kier molecular flexibility index (Phi) is 5.98. The van der Waals surface area contributed by atoms with Crippen LogP contribution in [0.2, 0.25) is 0 Å². The van der Waals surface area contributed by atoms with E-state index in [9.17, 15) is 5.11 Å². The van der Waals surface area contributed by atoms with Gasteiger partial charge in [0.2, 0.25) is 0 Å². The van der Waals surface area contributed by atoms with Crippen molar-refractivity contribution < 1.29 is 14.6 Å². The van der Waals surface area contributed by atoms with E-state index in [2.05, 4.69) is 28.0 Å². The van der Waals surface area contributed by atoms with Crippen LogP contribution in [0.15, 0.2) is 4.47 Å². The number of aryl methyl sites for hydroxylation is 2. The van der Waals surface area contributed by atoms with Gasteiger partial charge >= 0.3 is 0 Å². The molecule has 0 aliphatic carbocycles. The van der Waals surface area contributed by atoms with Gasteiger partial charge < -0.3 is 14.6 Å². The molecule has 0 aliphatic rings.